The minimum absolute atomic E-state index is 0.362. The lowest BCUT2D eigenvalue weighted by atomic mass is 10.1. The normalized spacial score (nSPS) is 18.7. The van der Waals surface area contributed by atoms with Crippen molar-refractivity contribution in [3.8, 4) is 0 Å². The van der Waals surface area contributed by atoms with E-state index in [0.717, 1.165) is 31.9 Å². The van der Waals surface area contributed by atoms with E-state index in [1.807, 2.05) is 0 Å². The molecule has 0 saturated carbocycles. The Morgan fingerprint density at radius 2 is 2.44 bits per heavy atom. The molecule has 4 nitrogen and oxygen atoms in total. The Balaban J connectivity index is 2.03. The molecule has 18 heavy (non-hydrogen) atoms. The SMILES string of the molecule is COC(=O)c1ccc(Cl)c(NCC2CCOC2)c1. The summed E-state index contributed by atoms with van der Waals surface area (Å²) in [6.45, 7) is 2.40. The molecule has 1 saturated heterocycles. The molecule has 1 N–H and O–H groups in total. The van der Waals surface area contributed by atoms with E-state index in [1.54, 1.807) is 18.2 Å². The third-order valence-corrected chi connectivity index (χ3v) is 3.32. The number of carbonyl (C=O) groups excluding carboxylic acids is 1. The van der Waals surface area contributed by atoms with E-state index in [-0.39, 0.29) is 5.97 Å². The highest BCUT2D eigenvalue weighted by Crippen LogP contribution is 2.24. The van der Waals surface area contributed by atoms with Crippen LogP contribution < -0.4 is 5.32 Å². The second-order valence-electron chi connectivity index (χ2n) is 4.30. The second-order valence-corrected chi connectivity index (χ2v) is 4.70. The number of hydrogen-bond acceptors (Lipinski definition) is 4. The topological polar surface area (TPSA) is 47.6 Å². The van der Waals surface area contributed by atoms with E-state index in [0.29, 0.717) is 16.5 Å². The first kappa shape index (κ1) is 13.2. The molecule has 5 heteroatoms. The maximum absolute atomic E-state index is 11.4. The summed E-state index contributed by atoms with van der Waals surface area (Å²) < 4.78 is 9.99. The van der Waals surface area contributed by atoms with Gasteiger partial charge < -0.3 is 14.8 Å². The van der Waals surface area contributed by atoms with Crippen LogP contribution in [0.1, 0.15) is 16.8 Å². The number of methoxy groups -OCH3 is 1. The van der Waals surface area contributed by atoms with E-state index < -0.39 is 0 Å². The van der Waals surface area contributed by atoms with Crippen molar-refractivity contribution in [3.05, 3.63) is 28.8 Å². The van der Waals surface area contributed by atoms with Gasteiger partial charge in [-0.15, -0.1) is 0 Å². The molecule has 0 amide bonds. The smallest absolute Gasteiger partial charge is 0.337 e. The van der Waals surface area contributed by atoms with Crippen LogP contribution in [-0.4, -0.2) is 32.8 Å². The Morgan fingerprint density at radius 1 is 1.61 bits per heavy atom. The molecule has 1 aliphatic rings. The van der Waals surface area contributed by atoms with Crippen LogP contribution in [0, 0.1) is 5.92 Å². The zero-order chi connectivity index (χ0) is 13.0. The van der Waals surface area contributed by atoms with Gasteiger partial charge in [0.05, 0.1) is 30.0 Å². The standard InChI is InChI=1S/C13H16ClNO3/c1-17-13(16)10-2-3-11(14)12(6-10)15-7-9-4-5-18-8-9/h2-3,6,9,15H,4-5,7-8H2,1H3. The largest absolute Gasteiger partial charge is 0.465 e. The summed E-state index contributed by atoms with van der Waals surface area (Å²) in [4.78, 5) is 11.4. The fourth-order valence-corrected chi connectivity index (χ4v) is 2.09. The lowest BCUT2D eigenvalue weighted by molar-refractivity contribution is 0.0601. The number of esters is 1. The molecule has 0 aliphatic carbocycles. The molecule has 1 aromatic carbocycles. The van der Waals surface area contributed by atoms with Crippen LogP contribution in [0.25, 0.3) is 0 Å². The Labute approximate surface area is 111 Å². The van der Waals surface area contributed by atoms with Crippen molar-refractivity contribution in [2.75, 3.05) is 32.2 Å². The number of anilines is 1. The Bertz CT molecular complexity index is 430. The third kappa shape index (κ3) is 3.15. The summed E-state index contributed by atoms with van der Waals surface area (Å²) in [6.07, 6.45) is 1.06. The van der Waals surface area contributed by atoms with Crippen LogP contribution in [0.15, 0.2) is 18.2 Å². The van der Waals surface area contributed by atoms with Crippen molar-refractivity contribution >= 4 is 23.3 Å². The number of hydrogen-bond donors (Lipinski definition) is 1. The van der Waals surface area contributed by atoms with Crippen molar-refractivity contribution in [3.63, 3.8) is 0 Å². The predicted octanol–water partition coefficient (Wildman–Crippen LogP) is 2.58. The first-order valence-electron chi connectivity index (χ1n) is 5.90. The molecule has 98 valence electrons. The number of ether oxygens (including phenoxy) is 2. The predicted molar refractivity (Wildman–Crippen MR) is 70.2 cm³/mol. The number of nitrogens with one attached hydrogen (secondary N) is 1. The molecule has 0 radical (unpaired) electrons. The first-order chi connectivity index (χ1) is 8.70. The summed E-state index contributed by atoms with van der Waals surface area (Å²) >= 11 is 6.08. The molecule has 1 atom stereocenters. The molecule has 0 spiro atoms. The van der Waals surface area contributed by atoms with E-state index in [2.05, 4.69) is 10.1 Å². The van der Waals surface area contributed by atoms with Gasteiger partial charge in [-0.25, -0.2) is 4.79 Å². The third-order valence-electron chi connectivity index (χ3n) is 2.99. The number of benzene rings is 1. The van der Waals surface area contributed by atoms with Gasteiger partial charge >= 0.3 is 5.97 Å². The highest BCUT2D eigenvalue weighted by Gasteiger charge is 2.16. The van der Waals surface area contributed by atoms with Crippen LogP contribution in [0.2, 0.25) is 5.02 Å². The molecule has 1 aromatic rings. The van der Waals surface area contributed by atoms with Crippen LogP contribution in [0.3, 0.4) is 0 Å². The highest BCUT2D eigenvalue weighted by molar-refractivity contribution is 6.33. The molecular weight excluding hydrogens is 254 g/mol. The Kier molecular flexibility index (Phi) is 4.44. The minimum atomic E-state index is -0.362. The van der Waals surface area contributed by atoms with Gasteiger partial charge in [-0.1, -0.05) is 11.6 Å². The van der Waals surface area contributed by atoms with Crippen molar-refractivity contribution in [1.29, 1.82) is 0 Å². The quantitative estimate of drug-likeness (QED) is 0.854. The monoisotopic (exact) mass is 269 g/mol. The van der Waals surface area contributed by atoms with Gasteiger partial charge in [0.2, 0.25) is 0 Å². The van der Waals surface area contributed by atoms with Gasteiger partial charge in [0.1, 0.15) is 0 Å². The lowest BCUT2D eigenvalue weighted by Crippen LogP contribution is -2.14. The van der Waals surface area contributed by atoms with Crippen LogP contribution in [0.4, 0.5) is 5.69 Å². The van der Waals surface area contributed by atoms with Crippen LogP contribution in [-0.2, 0) is 9.47 Å². The average molecular weight is 270 g/mol. The summed E-state index contributed by atoms with van der Waals surface area (Å²) in [5.74, 6) is 0.141. The highest BCUT2D eigenvalue weighted by atomic mass is 35.5. The Hall–Kier alpha value is -1.26. The fraction of sp³-hybridized carbons (Fsp3) is 0.462. The molecular formula is C13H16ClNO3. The first-order valence-corrected chi connectivity index (χ1v) is 6.28. The Morgan fingerprint density at radius 3 is 3.11 bits per heavy atom. The fourth-order valence-electron chi connectivity index (χ4n) is 1.90. The molecule has 1 fully saturated rings. The van der Waals surface area contributed by atoms with Crippen molar-refractivity contribution in [2.24, 2.45) is 5.92 Å². The van der Waals surface area contributed by atoms with Crippen molar-refractivity contribution in [2.45, 2.75) is 6.42 Å². The summed E-state index contributed by atoms with van der Waals surface area (Å²) in [5.41, 5.74) is 1.25. The van der Waals surface area contributed by atoms with Gasteiger partial charge in [0.25, 0.3) is 0 Å². The molecule has 0 bridgehead atoms. The van der Waals surface area contributed by atoms with Gasteiger partial charge in [0, 0.05) is 19.1 Å². The second kappa shape index (κ2) is 6.07. The molecule has 1 aliphatic heterocycles. The molecule has 1 heterocycles. The average Bonchev–Trinajstić information content (AvgIpc) is 2.90. The minimum Gasteiger partial charge on any atom is -0.465 e. The van der Waals surface area contributed by atoms with Gasteiger partial charge in [-0.2, -0.15) is 0 Å². The number of carbonyl (C=O) groups is 1. The van der Waals surface area contributed by atoms with E-state index in [9.17, 15) is 4.79 Å². The molecule has 0 aromatic heterocycles. The maximum Gasteiger partial charge on any atom is 0.337 e. The van der Waals surface area contributed by atoms with Crippen LogP contribution in [0.5, 0.6) is 0 Å². The van der Waals surface area contributed by atoms with Gasteiger partial charge in [0.15, 0.2) is 0 Å². The van der Waals surface area contributed by atoms with Crippen LogP contribution >= 0.6 is 11.6 Å². The summed E-state index contributed by atoms with van der Waals surface area (Å²) in [7, 11) is 1.36. The maximum atomic E-state index is 11.4. The van der Waals surface area contributed by atoms with E-state index in [4.69, 9.17) is 16.3 Å². The van der Waals surface area contributed by atoms with E-state index >= 15 is 0 Å². The lowest BCUT2D eigenvalue weighted by Gasteiger charge is -2.13. The summed E-state index contributed by atoms with van der Waals surface area (Å²) in [6, 6.07) is 5.06. The van der Waals surface area contributed by atoms with Crippen molar-refractivity contribution in [1.82, 2.24) is 0 Å². The number of halogens is 1. The zero-order valence-electron chi connectivity index (χ0n) is 10.2. The molecule has 2 rings (SSSR count). The van der Waals surface area contributed by atoms with Crippen molar-refractivity contribution < 1.29 is 14.3 Å². The number of rotatable bonds is 4. The van der Waals surface area contributed by atoms with Gasteiger partial charge in [-0.3, -0.25) is 0 Å². The summed E-state index contributed by atoms with van der Waals surface area (Å²) in [5, 5.41) is 3.85. The molecule has 1 unspecified atom stereocenters. The van der Waals surface area contributed by atoms with Gasteiger partial charge in [-0.05, 0) is 24.6 Å². The zero-order valence-corrected chi connectivity index (χ0v) is 11.0. The van der Waals surface area contributed by atoms with E-state index in [1.165, 1.54) is 7.11 Å².